The van der Waals surface area contributed by atoms with Crippen LogP contribution >= 0.6 is 12.2 Å². The van der Waals surface area contributed by atoms with E-state index in [1.54, 1.807) is 0 Å². The molecule has 3 nitrogen and oxygen atoms in total. The lowest BCUT2D eigenvalue weighted by Gasteiger charge is -2.04. The zero-order valence-electron chi connectivity index (χ0n) is 8.94. The molecular weight excluding hydrogens is 210 g/mol. The quantitative estimate of drug-likeness (QED) is 0.419. The molecule has 1 aromatic carbocycles. The van der Waals surface area contributed by atoms with Gasteiger partial charge in [-0.05, 0) is 12.5 Å². The third kappa shape index (κ3) is 6.52. The van der Waals surface area contributed by atoms with E-state index in [0.717, 1.165) is 13.2 Å². The topological polar surface area (TPSA) is 30.5 Å². The van der Waals surface area contributed by atoms with Gasteiger partial charge >= 0.3 is 0 Å². The van der Waals surface area contributed by atoms with Gasteiger partial charge in [-0.15, -0.1) is 0 Å². The molecule has 0 spiro atoms. The number of hydrogen-bond acceptors (Lipinski definition) is 4. The van der Waals surface area contributed by atoms with Gasteiger partial charge in [0, 0.05) is 13.2 Å². The Bertz CT molecular complexity index is 244. The second-order valence-corrected chi connectivity index (χ2v) is 3.60. The highest BCUT2D eigenvalue weighted by molar-refractivity contribution is 7.92. The molecule has 0 saturated carbocycles. The molecule has 0 aliphatic heterocycles. The standard InChI is InChI=1S/C11H17NO2S/c1-2-13-8-9-14-15-12-10-11-6-4-3-5-7-11/h3-7,12H,2,8-10H2,1H3. The monoisotopic (exact) mass is 227 g/mol. The molecule has 0 aromatic heterocycles. The number of benzene rings is 1. The highest BCUT2D eigenvalue weighted by atomic mass is 32.2. The van der Waals surface area contributed by atoms with Crippen LogP contribution in [0, 0.1) is 0 Å². The summed E-state index contributed by atoms with van der Waals surface area (Å²) in [7, 11) is 0. The van der Waals surface area contributed by atoms with Crippen molar-refractivity contribution in [3.8, 4) is 0 Å². The molecule has 0 aliphatic carbocycles. The van der Waals surface area contributed by atoms with Crippen molar-refractivity contribution in [2.75, 3.05) is 19.8 Å². The van der Waals surface area contributed by atoms with Crippen LogP contribution in [0.25, 0.3) is 0 Å². The predicted octanol–water partition coefficient (Wildman–Crippen LogP) is 2.39. The minimum atomic E-state index is 0.611. The molecule has 84 valence electrons. The van der Waals surface area contributed by atoms with Gasteiger partial charge in [0.05, 0.1) is 25.4 Å². The first-order valence-electron chi connectivity index (χ1n) is 5.06. The Hall–Kier alpha value is -0.550. The normalized spacial score (nSPS) is 10.5. The number of nitrogens with one attached hydrogen (secondary N) is 1. The Morgan fingerprint density at radius 3 is 2.73 bits per heavy atom. The molecular formula is C11H17NO2S. The average Bonchev–Trinajstić information content (AvgIpc) is 2.29. The third-order valence-corrected chi connectivity index (χ3v) is 2.30. The molecule has 0 radical (unpaired) electrons. The summed E-state index contributed by atoms with van der Waals surface area (Å²) in [6.45, 7) is 4.78. The largest absolute Gasteiger partial charge is 0.379 e. The Morgan fingerprint density at radius 2 is 2.00 bits per heavy atom. The van der Waals surface area contributed by atoms with Crippen molar-refractivity contribution in [1.82, 2.24) is 4.72 Å². The zero-order valence-corrected chi connectivity index (χ0v) is 9.76. The van der Waals surface area contributed by atoms with Gasteiger partial charge in [-0.3, -0.25) is 4.18 Å². The van der Waals surface area contributed by atoms with Crippen LogP contribution in [0.3, 0.4) is 0 Å². The van der Waals surface area contributed by atoms with Crippen molar-refractivity contribution in [2.24, 2.45) is 0 Å². The molecule has 1 rings (SSSR count). The summed E-state index contributed by atoms with van der Waals surface area (Å²) >= 11 is 1.27. The van der Waals surface area contributed by atoms with Gasteiger partial charge in [0.15, 0.2) is 0 Å². The summed E-state index contributed by atoms with van der Waals surface area (Å²) in [6, 6.07) is 10.2. The van der Waals surface area contributed by atoms with Crippen LogP contribution in [-0.4, -0.2) is 19.8 Å². The molecule has 0 unspecified atom stereocenters. The van der Waals surface area contributed by atoms with Gasteiger partial charge < -0.3 is 4.74 Å². The predicted molar refractivity (Wildman–Crippen MR) is 63.3 cm³/mol. The maximum atomic E-state index is 5.24. The molecule has 0 heterocycles. The SMILES string of the molecule is CCOCCOSNCc1ccccc1. The first-order valence-corrected chi connectivity index (χ1v) is 5.80. The summed E-state index contributed by atoms with van der Waals surface area (Å²) in [5.74, 6) is 0. The highest BCUT2D eigenvalue weighted by Crippen LogP contribution is 2.02. The van der Waals surface area contributed by atoms with Crippen molar-refractivity contribution in [3.63, 3.8) is 0 Å². The first-order chi connectivity index (χ1) is 7.43. The Balaban J connectivity index is 1.93. The number of rotatable bonds is 8. The van der Waals surface area contributed by atoms with Crippen molar-refractivity contribution in [3.05, 3.63) is 35.9 Å². The van der Waals surface area contributed by atoms with E-state index < -0.39 is 0 Å². The van der Waals surface area contributed by atoms with Crippen molar-refractivity contribution in [1.29, 1.82) is 0 Å². The number of hydrogen-bond donors (Lipinski definition) is 1. The summed E-state index contributed by atoms with van der Waals surface area (Å²) in [5, 5.41) is 0. The molecule has 0 aliphatic rings. The van der Waals surface area contributed by atoms with Crippen LogP contribution in [0.15, 0.2) is 30.3 Å². The lowest BCUT2D eigenvalue weighted by molar-refractivity contribution is 0.117. The van der Waals surface area contributed by atoms with E-state index in [0.29, 0.717) is 13.2 Å². The van der Waals surface area contributed by atoms with Gasteiger partial charge in [-0.25, -0.2) is 4.72 Å². The second kappa shape index (κ2) is 8.73. The van der Waals surface area contributed by atoms with E-state index in [1.807, 2.05) is 25.1 Å². The molecule has 4 heteroatoms. The fourth-order valence-electron chi connectivity index (χ4n) is 1.03. The van der Waals surface area contributed by atoms with E-state index in [9.17, 15) is 0 Å². The Morgan fingerprint density at radius 1 is 1.20 bits per heavy atom. The van der Waals surface area contributed by atoms with Crippen LogP contribution in [0.2, 0.25) is 0 Å². The van der Waals surface area contributed by atoms with Crippen LogP contribution in [0.4, 0.5) is 0 Å². The maximum absolute atomic E-state index is 5.24. The second-order valence-electron chi connectivity index (χ2n) is 2.91. The highest BCUT2D eigenvalue weighted by Gasteiger charge is 1.92. The van der Waals surface area contributed by atoms with Crippen molar-refractivity contribution >= 4 is 12.2 Å². The maximum Gasteiger partial charge on any atom is 0.0862 e. The fourth-order valence-corrected chi connectivity index (χ4v) is 1.49. The zero-order chi connectivity index (χ0) is 10.8. The van der Waals surface area contributed by atoms with E-state index in [1.165, 1.54) is 17.8 Å². The minimum Gasteiger partial charge on any atom is -0.379 e. The Labute approximate surface area is 95.5 Å². The van der Waals surface area contributed by atoms with Crippen LogP contribution in [0.1, 0.15) is 12.5 Å². The fraction of sp³-hybridized carbons (Fsp3) is 0.455. The lowest BCUT2D eigenvalue weighted by atomic mass is 10.2. The molecule has 0 saturated heterocycles. The van der Waals surface area contributed by atoms with Gasteiger partial charge in [-0.2, -0.15) is 0 Å². The van der Waals surface area contributed by atoms with Gasteiger partial charge in [0.2, 0.25) is 0 Å². The summed E-state index contributed by atoms with van der Waals surface area (Å²) < 4.78 is 13.5. The van der Waals surface area contributed by atoms with Crippen LogP contribution < -0.4 is 4.72 Å². The van der Waals surface area contributed by atoms with Crippen molar-refractivity contribution in [2.45, 2.75) is 13.5 Å². The molecule has 0 amide bonds. The molecule has 0 atom stereocenters. The molecule has 15 heavy (non-hydrogen) atoms. The van der Waals surface area contributed by atoms with E-state index in [4.69, 9.17) is 8.92 Å². The molecule has 0 fully saturated rings. The summed E-state index contributed by atoms with van der Waals surface area (Å²) in [5.41, 5.74) is 1.25. The van der Waals surface area contributed by atoms with Gasteiger partial charge in [0.25, 0.3) is 0 Å². The first kappa shape index (κ1) is 12.5. The minimum absolute atomic E-state index is 0.611. The van der Waals surface area contributed by atoms with Gasteiger partial charge in [-0.1, -0.05) is 30.3 Å². The van der Waals surface area contributed by atoms with E-state index >= 15 is 0 Å². The lowest BCUT2D eigenvalue weighted by Crippen LogP contribution is -2.07. The Kier molecular flexibility index (Phi) is 7.29. The van der Waals surface area contributed by atoms with Crippen molar-refractivity contribution < 1.29 is 8.92 Å². The van der Waals surface area contributed by atoms with Crippen LogP contribution in [0.5, 0.6) is 0 Å². The summed E-state index contributed by atoms with van der Waals surface area (Å²) in [4.78, 5) is 0. The average molecular weight is 227 g/mol. The molecule has 0 bridgehead atoms. The van der Waals surface area contributed by atoms with E-state index in [2.05, 4.69) is 16.9 Å². The molecule has 1 N–H and O–H groups in total. The third-order valence-electron chi connectivity index (χ3n) is 1.75. The van der Waals surface area contributed by atoms with E-state index in [-0.39, 0.29) is 0 Å². The summed E-state index contributed by atoms with van der Waals surface area (Å²) in [6.07, 6.45) is 0. The molecule has 1 aromatic rings. The van der Waals surface area contributed by atoms with Gasteiger partial charge in [0.1, 0.15) is 0 Å². The van der Waals surface area contributed by atoms with Crippen LogP contribution in [-0.2, 0) is 15.5 Å². The smallest absolute Gasteiger partial charge is 0.0862 e. The number of ether oxygens (including phenoxy) is 1.